The zero-order chi connectivity index (χ0) is 11.7. The van der Waals surface area contributed by atoms with Crippen LogP contribution in [0.5, 0.6) is 0 Å². The number of aromatic nitrogens is 2. The minimum absolute atomic E-state index is 0.176. The Morgan fingerprint density at radius 3 is 3.12 bits per heavy atom. The predicted octanol–water partition coefficient (Wildman–Crippen LogP) is 1.36. The van der Waals surface area contributed by atoms with E-state index in [1.54, 1.807) is 6.20 Å². The van der Waals surface area contributed by atoms with Gasteiger partial charge in [0.1, 0.15) is 5.82 Å². The molecule has 0 bridgehead atoms. The summed E-state index contributed by atoms with van der Waals surface area (Å²) in [5.74, 6) is 0.596. The Kier molecular flexibility index (Phi) is 2.85. The van der Waals surface area contributed by atoms with Crippen molar-refractivity contribution in [1.29, 1.82) is 0 Å². The number of fused-ring (bicyclic) bond motifs is 1. The van der Waals surface area contributed by atoms with Crippen LogP contribution in [0.25, 0.3) is 0 Å². The first kappa shape index (κ1) is 11.0. The second kappa shape index (κ2) is 4.15. The van der Waals surface area contributed by atoms with Crippen LogP contribution >= 0.6 is 0 Å². The van der Waals surface area contributed by atoms with E-state index < -0.39 is 0 Å². The monoisotopic (exact) mass is 223 g/mol. The third kappa shape index (κ3) is 1.66. The highest BCUT2D eigenvalue weighted by Crippen LogP contribution is 2.34. The van der Waals surface area contributed by atoms with Crippen LogP contribution in [-0.2, 0) is 16.1 Å². The molecule has 1 aromatic heterocycles. The number of carbonyl (C=O) groups excluding carboxylic acids is 1. The van der Waals surface area contributed by atoms with Gasteiger partial charge in [0, 0.05) is 18.2 Å². The largest absolute Gasteiger partial charge is 0.469 e. The first-order chi connectivity index (χ1) is 7.67. The lowest BCUT2D eigenvalue weighted by molar-refractivity contribution is -0.142. The van der Waals surface area contributed by atoms with E-state index in [4.69, 9.17) is 4.74 Å². The maximum atomic E-state index is 11.7. The third-order valence-corrected chi connectivity index (χ3v) is 3.00. The Morgan fingerprint density at radius 1 is 1.75 bits per heavy atom. The molecule has 16 heavy (non-hydrogen) atoms. The number of ether oxygens (including phenoxy) is 1. The van der Waals surface area contributed by atoms with E-state index in [0.29, 0.717) is 0 Å². The standard InChI is InChI=1S/C11H17N3O2/c1-4-14-10-9(6-12-14)8(11(15)16-3)5-7(2)13-10/h6-8,13H,4-5H2,1-3H3/t7-,8+/m1/s1. The SMILES string of the molecule is CCn1ncc2c1N[C@H](C)C[C@@H]2C(=O)OC. The quantitative estimate of drug-likeness (QED) is 0.769. The van der Waals surface area contributed by atoms with Gasteiger partial charge in [-0.15, -0.1) is 0 Å². The molecule has 88 valence electrons. The van der Waals surface area contributed by atoms with Gasteiger partial charge in [0.25, 0.3) is 0 Å². The molecule has 0 saturated heterocycles. The summed E-state index contributed by atoms with van der Waals surface area (Å²) in [5.41, 5.74) is 0.951. The van der Waals surface area contributed by atoms with Crippen LogP contribution in [0, 0.1) is 0 Å². The molecule has 2 heterocycles. The number of nitrogens with one attached hydrogen (secondary N) is 1. The first-order valence-electron chi connectivity index (χ1n) is 5.57. The van der Waals surface area contributed by atoms with Crippen LogP contribution in [0.2, 0.25) is 0 Å². The fourth-order valence-electron chi connectivity index (χ4n) is 2.19. The van der Waals surface area contributed by atoms with Crippen LogP contribution < -0.4 is 5.32 Å². The van der Waals surface area contributed by atoms with Gasteiger partial charge in [-0.05, 0) is 20.3 Å². The molecule has 0 aliphatic carbocycles. The summed E-state index contributed by atoms with van der Waals surface area (Å²) in [6.45, 7) is 4.89. The Labute approximate surface area is 94.8 Å². The van der Waals surface area contributed by atoms with E-state index in [9.17, 15) is 4.79 Å². The molecule has 2 rings (SSSR count). The third-order valence-electron chi connectivity index (χ3n) is 3.00. The van der Waals surface area contributed by atoms with Gasteiger partial charge >= 0.3 is 5.97 Å². The minimum atomic E-state index is -0.184. The Morgan fingerprint density at radius 2 is 2.50 bits per heavy atom. The van der Waals surface area contributed by atoms with Crippen LogP contribution in [0.1, 0.15) is 31.7 Å². The molecule has 0 saturated carbocycles. The molecule has 0 aromatic carbocycles. The van der Waals surface area contributed by atoms with Crippen molar-refractivity contribution in [1.82, 2.24) is 9.78 Å². The normalized spacial score (nSPS) is 23.4. The van der Waals surface area contributed by atoms with Crippen LogP contribution in [0.4, 0.5) is 5.82 Å². The summed E-state index contributed by atoms with van der Waals surface area (Å²) in [5, 5.41) is 7.63. The summed E-state index contributed by atoms with van der Waals surface area (Å²) >= 11 is 0. The van der Waals surface area contributed by atoms with Gasteiger partial charge in [-0.25, -0.2) is 4.68 Å². The van der Waals surface area contributed by atoms with Gasteiger partial charge in [0.05, 0.1) is 19.2 Å². The number of rotatable bonds is 2. The van der Waals surface area contributed by atoms with Crippen molar-refractivity contribution < 1.29 is 9.53 Å². The highest BCUT2D eigenvalue weighted by Gasteiger charge is 2.33. The highest BCUT2D eigenvalue weighted by molar-refractivity contribution is 5.81. The molecule has 1 aromatic rings. The number of aryl methyl sites for hydroxylation is 1. The van der Waals surface area contributed by atoms with E-state index in [0.717, 1.165) is 24.3 Å². The van der Waals surface area contributed by atoms with E-state index in [2.05, 4.69) is 17.3 Å². The van der Waals surface area contributed by atoms with Crippen LogP contribution in [0.3, 0.4) is 0 Å². The van der Waals surface area contributed by atoms with Crippen molar-refractivity contribution in [3.05, 3.63) is 11.8 Å². The van der Waals surface area contributed by atoms with Crippen molar-refractivity contribution in [3.8, 4) is 0 Å². The van der Waals surface area contributed by atoms with Crippen LogP contribution in [0.15, 0.2) is 6.20 Å². The van der Waals surface area contributed by atoms with Gasteiger partial charge < -0.3 is 10.1 Å². The molecule has 0 amide bonds. The predicted molar refractivity (Wildman–Crippen MR) is 60.4 cm³/mol. The number of hydrogen-bond donors (Lipinski definition) is 1. The number of esters is 1. The summed E-state index contributed by atoms with van der Waals surface area (Å²) in [6.07, 6.45) is 2.52. The van der Waals surface area contributed by atoms with E-state index in [1.165, 1.54) is 7.11 Å². The summed E-state index contributed by atoms with van der Waals surface area (Å²) in [4.78, 5) is 11.7. The number of hydrogen-bond acceptors (Lipinski definition) is 4. The molecule has 0 fully saturated rings. The molecule has 0 unspecified atom stereocenters. The zero-order valence-corrected chi connectivity index (χ0v) is 9.86. The van der Waals surface area contributed by atoms with Gasteiger partial charge in [-0.2, -0.15) is 5.10 Å². The molecule has 1 N–H and O–H groups in total. The van der Waals surface area contributed by atoms with E-state index >= 15 is 0 Å². The lowest BCUT2D eigenvalue weighted by Gasteiger charge is -2.27. The molecule has 0 spiro atoms. The van der Waals surface area contributed by atoms with E-state index in [-0.39, 0.29) is 17.9 Å². The molecule has 1 aliphatic rings. The number of methoxy groups -OCH3 is 1. The Bertz CT molecular complexity index is 400. The van der Waals surface area contributed by atoms with Gasteiger partial charge in [0.15, 0.2) is 0 Å². The fourth-order valence-corrected chi connectivity index (χ4v) is 2.19. The molecule has 2 atom stereocenters. The molecular weight excluding hydrogens is 206 g/mol. The summed E-state index contributed by atoms with van der Waals surface area (Å²) in [7, 11) is 1.43. The number of anilines is 1. The van der Waals surface area contributed by atoms with Crippen molar-refractivity contribution >= 4 is 11.8 Å². The average molecular weight is 223 g/mol. The maximum absolute atomic E-state index is 11.7. The highest BCUT2D eigenvalue weighted by atomic mass is 16.5. The molecule has 0 radical (unpaired) electrons. The Balaban J connectivity index is 2.39. The first-order valence-corrected chi connectivity index (χ1v) is 5.57. The van der Waals surface area contributed by atoms with Crippen molar-refractivity contribution in [2.45, 2.75) is 38.8 Å². The van der Waals surface area contributed by atoms with Gasteiger partial charge in [-0.3, -0.25) is 4.79 Å². The second-order valence-corrected chi connectivity index (χ2v) is 4.12. The molecule has 5 heteroatoms. The van der Waals surface area contributed by atoms with Gasteiger partial charge in [-0.1, -0.05) is 0 Å². The molecular formula is C11H17N3O2. The van der Waals surface area contributed by atoms with Crippen molar-refractivity contribution in [2.24, 2.45) is 0 Å². The minimum Gasteiger partial charge on any atom is -0.469 e. The summed E-state index contributed by atoms with van der Waals surface area (Å²) in [6, 6.07) is 0.263. The van der Waals surface area contributed by atoms with Crippen molar-refractivity contribution in [2.75, 3.05) is 12.4 Å². The maximum Gasteiger partial charge on any atom is 0.313 e. The second-order valence-electron chi connectivity index (χ2n) is 4.12. The lowest BCUT2D eigenvalue weighted by atomic mass is 9.91. The molecule has 5 nitrogen and oxygen atoms in total. The van der Waals surface area contributed by atoms with Crippen molar-refractivity contribution in [3.63, 3.8) is 0 Å². The molecule has 1 aliphatic heterocycles. The average Bonchev–Trinajstić information content (AvgIpc) is 2.69. The number of nitrogens with zero attached hydrogens (tertiary/aromatic N) is 2. The van der Waals surface area contributed by atoms with Gasteiger partial charge in [0.2, 0.25) is 0 Å². The summed E-state index contributed by atoms with van der Waals surface area (Å²) < 4.78 is 6.71. The Hall–Kier alpha value is -1.52. The topological polar surface area (TPSA) is 56.2 Å². The zero-order valence-electron chi connectivity index (χ0n) is 9.86. The van der Waals surface area contributed by atoms with E-state index in [1.807, 2.05) is 11.6 Å². The number of carbonyl (C=O) groups is 1. The van der Waals surface area contributed by atoms with Crippen LogP contribution in [-0.4, -0.2) is 28.9 Å². The fraction of sp³-hybridized carbons (Fsp3) is 0.636. The lowest BCUT2D eigenvalue weighted by Crippen LogP contribution is -2.30. The smallest absolute Gasteiger partial charge is 0.313 e.